The monoisotopic (exact) mass is 233 g/mol. The molecule has 90 valence electrons. The van der Waals surface area contributed by atoms with Gasteiger partial charge in [0.05, 0.1) is 45.4 Å². The van der Waals surface area contributed by atoms with Gasteiger partial charge in [0.15, 0.2) is 0 Å². The maximum Gasteiger partial charge on any atom is 0.261 e. The molecule has 1 aliphatic rings. The standard InChI is InChI=1S/C13H17N2O2/c1-15(2,3)9-8-14-12(16)10-6-4-5-7-11(10)13(14)17/h4-7H,8-9H2,1-3H3/q+1. The smallest absolute Gasteiger partial charge is 0.261 e. The molecule has 0 aromatic heterocycles. The van der Waals surface area contributed by atoms with Crippen LogP contribution in [0.25, 0.3) is 0 Å². The number of hydrogen-bond donors (Lipinski definition) is 0. The lowest BCUT2D eigenvalue weighted by molar-refractivity contribution is -0.869. The number of likely N-dealkylation sites (N-methyl/N-ethyl adjacent to an activating group) is 1. The highest BCUT2D eigenvalue weighted by molar-refractivity contribution is 6.21. The number of quaternary nitrogens is 1. The van der Waals surface area contributed by atoms with Gasteiger partial charge in [-0.25, -0.2) is 0 Å². The number of rotatable bonds is 3. The van der Waals surface area contributed by atoms with Crippen molar-refractivity contribution >= 4 is 11.8 Å². The Balaban J connectivity index is 2.19. The Morgan fingerprint density at radius 2 is 1.47 bits per heavy atom. The van der Waals surface area contributed by atoms with Gasteiger partial charge in [0.2, 0.25) is 0 Å². The van der Waals surface area contributed by atoms with Crippen LogP contribution in [0, 0.1) is 0 Å². The Kier molecular flexibility index (Phi) is 2.75. The van der Waals surface area contributed by atoms with E-state index in [-0.39, 0.29) is 11.8 Å². The number of benzene rings is 1. The summed E-state index contributed by atoms with van der Waals surface area (Å²) in [5.41, 5.74) is 1.05. The van der Waals surface area contributed by atoms with Gasteiger partial charge in [-0.05, 0) is 12.1 Å². The Morgan fingerprint density at radius 1 is 1.00 bits per heavy atom. The average Bonchev–Trinajstić information content (AvgIpc) is 2.49. The van der Waals surface area contributed by atoms with E-state index in [0.717, 1.165) is 11.0 Å². The highest BCUT2D eigenvalue weighted by Crippen LogP contribution is 2.22. The van der Waals surface area contributed by atoms with E-state index in [0.29, 0.717) is 17.7 Å². The summed E-state index contributed by atoms with van der Waals surface area (Å²) in [4.78, 5) is 25.4. The molecule has 2 rings (SSSR count). The van der Waals surface area contributed by atoms with Gasteiger partial charge in [-0.2, -0.15) is 0 Å². The average molecular weight is 233 g/mol. The lowest BCUT2D eigenvalue weighted by Crippen LogP contribution is -2.43. The zero-order valence-electron chi connectivity index (χ0n) is 10.4. The van der Waals surface area contributed by atoms with Crippen LogP contribution in [-0.2, 0) is 0 Å². The maximum absolute atomic E-state index is 12.0. The predicted octanol–water partition coefficient (Wildman–Crippen LogP) is 0.989. The van der Waals surface area contributed by atoms with E-state index < -0.39 is 0 Å². The van der Waals surface area contributed by atoms with Crippen LogP contribution in [0.4, 0.5) is 0 Å². The summed E-state index contributed by atoms with van der Waals surface area (Å²) in [6, 6.07) is 6.99. The molecule has 0 spiro atoms. The number of hydrogen-bond acceptors (Lipinski definition) is 2. The number of nitrogens with zero attached hydrogens (tertiary/aromatic N) is 2. The van der Waals surface area contributed by atoms with Gasteiger partial charge in [0.25, 0.3) is 11.8 Å². The number of amides is 2. The second-order valence-electron chi connectivity index (χ2n) is 5.32. The molecule has 2 amide bonds. The Bertz CT molecular complexity index is 440. The van der Waals surface area contributed by atoms with Gasteiger partial charge in [-0.3, -0.25) is 14.5 Å². The lowest BCUT2D eigenvalue weighted by Gasteiger charge is -2.26. The van der Waals surface area contributed by atoms with Crippen molar-refractivity contribution < 1.29 is 14.1 Å². The van der Waals surface area contributed by atoms with E-state index in [2.05, 4.69) is 0 Å². The molecule has 0 radical (unpaired) electrons. The zero-order chi connectivity index (χ0) is 12.6. The van der Waals surface area contributed by atoms with Crippen LogP contribution >= 0.6 is 0 Å². The van der Waals surface area contributed by atoms with Crippen LogP contribution < -0.4 is 0 Å². The second-order valence-corrected chi connectivity index (χ2v) is 5.32. The summed E-state index contributed by atoms with van der Waals surface area (Å²) in [6.07, 6.45) is 0. The third-order valence-corrected chi connectivity index (χ3v) is 2.87. The fraction of sp³-hybridized carbons (Fsp3) is 0.385. The van der Waals surface area contributed by atoms with Crippen molar-refractivity contribution in [3.05, 3.63) is 35.4 Å². The molecule has 1 heterocycles. The van der Waals surface area contributed by atoms with Crippen molar-refractivity contribution in [3.63, 3.8) is 0 Å². The minimum Gasteiger partial charge on any atom is -0.329 e. The number of fused-ring (bicyclic) bond motifs is 1. The molecule has 0 unspecified atom stereocenters. The molecule has 1 aromatic rings. The quantitative estimate of drug-likeness (QED) is 0.576. The number of imide groups is 1. The molecule has 4 heteroatoms. The first-order valence-electron chi connectivity index (χ1n) is 5.66. The topological polar surface area (TPSA) is 37.4 Å². The normalized spacial score (nSPS) is 15.4. The Labute approximate surface area is 101 Å². The first kappa shape index (κ1) is 11.8. The van der Waals surface area contributed by atoms with E-state index >= 15 is 0 Å². The van der Waals surface area contributed by atoms with Gasteiger partial charge < -0.3 is 4.48 Å². The molecular weight excluding hydrogens is 216 g/mol. The molecule has 1 aliphatic heterocycles. The van der Waals surface area contributed by atoms with Crippen LogP contribution in [-0.4, -0.2) is 55.4 Å². The summed E-state index contributed by atoms with van der Waals surface area (Å²) in [5.74, 6) is -0.335. The molecule has 0 saturated carbocycles. The van der Waals surface area contributed by atoms with Crippen molar-refractivity contribution in [3.8, 4) is 0 Å². The second kappa shape index (κ2) is 3.96. The van der Waals surface area contributed by atoms with Gasteiger partial charge >= 0.3 is 0 Å². The molecule has 4 nitrogen and oxygen atoms in total. The van der Waals surface area contributed by atoms with E-state index in [1.165, 1.54) is 4.90 Å². The van der Waals surface area contributed by atoms with E-state index in [1.807, 2.05) is 21.1 Å². The van der Waals surface area contributed by atoms with Gasteiger partial charge in [-0.15, -0.1) is 0 Å². The summed E-state index contributed by atoms with van der Waals surface area (Å²) in [7, 11) is 6.12. The molecule has 0 N–H and O–H groups in total. The van der Waals surface area contributed by atoms with Gasteiger partial charge in [0.1, 0.15) is 0 Å². The van der Waals surface area contributed by atoms with Crippen molar-refractivity contribution in [1.82, 2.24) is 4.90 Å². The molecule has 0 aliphatic carbocycles. The largest absolute Gasteiger partial charge is 0.329 e. The van der Waals surface area contributed by atoms with E-state index in [1.54, 1.807) is 24.3 Å². The minimum atomic E-state index is -0.168. The summed E-state index contributed by atoms with van der Waals surface area (Å²) in [5, 5.41) is 0. The van der Waals surface area contributed by atoms with Crippen LogP contribution in [0.1, 0.15) is 20.7 Å². The lowest BCUT2D eigenvalue weighted by atomic mass is 10.1. The molecule has 0 bridgehead atoms. The third-order valence-electron chi connectivity index (χ3n) is 2.87. The SMILES string of the molecule is C[N+](C)(C)CCN1C(=O)c2ccccc2C1=O. The third kappa shape index (κ3) is 2.22. The molecule has 17 heavy (non-hydrogen) atoms. The highest BCUT2D eigenvalue weighted by atomic mass is 16.2. The van der Waals surface area contributed by atoms with Gasteiger partial charge in [-0.1, -0.05) is 12.1 Å². The van der Waals surface area contributed by atoms with E-state index in [4.69, 9.17) is 0 Å². The number of carbonyl (C=O) groups is 2. The zero-order valence-corrected chi connectivity index (χ0v) is 10.4. The maximum atomic E-state index is 12.0. The van der Waals surface area contributed by atoms with Crippen molar-refractivity contribution in [1.29, 1.82) is 0 Å². The summed E-state index contributed by atoms with van der Waals surface area (Å²) < 4.78 is 0.730. The summed E-state index contributed by atoms with van der Waals surface area (Å²) in [6.45, 7) is 1.22. The molecule has 1 aromatic carbocycles. The molecule has 0 fully saturated rings. The molecule has 0 saturated heterocycles. The van der Waals surface area contributed by atoms with Crippen LogP contribution in [0.5, 0.6) is 0 Å². The highest BCUT2D eigenvalue weighted by Gasteiger charge is 2.35. The minimum absolute atomic E-state index is 0.168. The van der Waals surface area contributed by atoms with Crippen molar-refractivity contribution in [2.75, 3.05) is 34.2 Å². The first-order valence-corrected chi connectivity index (χ1v) is 5.66. The van der Waals surface area contributed by atoms with Crippen molar-refractivity contribution in [2.24, 2.45) is 0 Å². The first-order chi connectivity index (χ1) is 7.90. The summed E-state index contributed by atoms with van der Waals surface area (Å²) >= 11 is 0. The predicted molar refractivity (Wildman–Crippen MR) is 64.7 cm³/mol. The van der Waals surface area contributed by atoms with Crippen molar-refractivity contribution in [2.45, 2.75) is 0 Å². The van der Waals surface area contributed by atoms with E-state index in [9.17, 15) is 9.59 Å². The molecule has 0 atom stereocenters. The Hall–Kier alpha value is -1.68. The van der Waals surface area contributed by atoms with Crippen LogP contribution in [0.2, 0.25) is 0 Å². The molecular formula is C13H17N2O2+. The fourth-order valence-electron chi connectivity index (χ4n) is 1.84. The van der Waals surface area contributed by atoms with Crippen LogP contribution in [0.15, 0.2) is 24.3 Å². The van der Waals surface area contributed by atoms with Gasteiger partial charge in [0, 0.05) is 0 Å². The number of carbonyl (C=O) groups excluding carboxylic acids is 2. The fourth-order valence-corrected chi connectivity index (χ4v) is 1.84. The van der Waals surface area contributed by atoms with Crippen LogP contribution in [0.3, 0.4) is 0 Å². The Morgan fingerprint density at radius 3 is 1.88 bits per heavy atom.